The Labute approximate surface area is 147 Å². The second-order valence-electron chi connectivity index (χ2n) is 6.30. The van der Waals surface area contributed by atoms with Gasteiger partial charge in [-0.15, -0.1) is 0 Å². The van der Waals surface area contributed by atoms with Crippen LogP contribution in [-0.4, -0.2) is 34.4 Å². The molecular formula is C20H23N3O2. The highest BCUT2D eigenvalue weighted by molar-refractivity contribution is 6.00. The molecule has 1 saturated heterocycles. The van der Waals surface area contributed by atoms with Gasteiger partial charge < -0.3 is 14.8 Å². The van der Waals surface area contributed by atoms with Gasteiger partial charge in [0.2, 0.25) is 5.91 Å². The Balaban J connectivity index is 1.70. The Morgan fingerprint density at radius 1 is 1.04 bits per heavy atom. The van der Waals surface area contributed by atoms with Gasteiger partial charge in [0.1, 0.15) is 5.70 Å². The van der Waals surface area contributed by atoms with E-state index >= 15 is 0 Å². The molecular weight excluding hydrogens is 314 g/mol. The average Bonchev–Trinajstić information content (AvgIpc) is 3.16. The maximum atomic E-state index is 12.9. The molecule has 2 amide bonds. The summed E-state index contributed by atoms with van der Waals surface area (Å²) in [5.41, 5.74) is 1.22. The van der Waals surface area contributed by atoms with Crippen LogP contribution in [0.25, 0.3) is 6.08 Å². The maximum Gasteiger partial charge on any atom is 0.270 e. The van der Waals surface area contributed by atoms with Gasteiger partial charge in [0.25, 0.3) is 5.91 Å². The molecule has 2 heterocycles. The van der Waals surface area contributed by atoms with Gasteiger partial charge in [-0.25, -0.2) is 0 Å². The first-order valence-corrected chi connectivity index (χ1v) is 8.59. The van der Waals surface area contributed by atoms with Gasteiger partial charge in [-0.2, -0.15) is 0 Å². The van der Waals surface area contributed by atoms with Gasteiger partial charge in [-0.1, -0.05) is 30.3 Å². The molecule has 0 bridgehead atoms. The van der Waals surface area contributed by atoms with Crippen LogP contribution in [-0.2, 0) is 9.59 Å². The van der Waals surface area contributed by atoms with E-state index in [1.54, 1.807) is 6.08 Å². The van der Waals surface area contributed by atoms with Crippen LogP contribution < -0.4 is 5.32 Å². The summed E-state index contributed by atoms with van der Waals surface area (Å²) >= 11 is 0. The zero-order valence-electron chi connectivity index (χ0n) is 14.4. The molecule has 0 saturated carbocycles. The fourth-order valence-electron chi connectivity index (χ4n) is 3.19. The van der Waals surface area contributed by atoms with Crippen molar-refractivity contribution in [2.24, 2.45) is 0 Å². The lowest BCUT2D eigenvalue weighted by Crippen LogP contribution is -2.42. The molecule has 2 aromatic rings. The number of carbonyl (C=O) groups is 2. The molecule has 5 nitrogen and oxygen atoms in total. The van der Waals surface area contributed by atoms with E-state index in [1.165, 1.54) is 6.92 Å². The van der Waals surface area contributed by atoms with Gasteiger partial charge >= 0.3 is 0 Å². The Kier molecular flexibility index (Phi) is 5.33. The zero-order valence-corrected chi connectivity index (χ0v) is 14.4. The third-order valence-electron chi connectivity index (χ3n) is 4.45. The number of piperidine rings is 1. The summed E-state index contributed by atoms with van der Waals surface area (Å²) in [5, 5.41) is 2.69. The topological polar surface area (TPSA) is 54.3 Å². The SMILES string of the molecule is CC(=O)NC(=Cc1ccccc1)C(=O)N1CCC(n2cccc2)CC1. The monoisotopic (exact) mass is 337 g/mol. The minimum Gasteiger partial charge on any atom is -0.351 e. The van der Waals surface area contributed by atoms with Crippen molar-refractivity contribution in [2.75, 3.05) is 13.1 Å². The number of rotatable bonds is 4. The van der Waals surface area contributed by atoms with Crippen molar-refractivity contribution in [3.05, 3.63) is 66.1 Å². The van der Waals surface area contributed by atoms with Crippen LogP contribution in [0.4, 0.5) is 0 Å². The van der Waals surface area contributed by atoms with E-state index in [0.717, 1.165) is 18.4 Å². The Hall–Kier alpha value is -2.82. The molecule has 0 radical (unpaired) electrons. The summed E-state index contributed by atoms with van der Waals surface area (Å²) in [6.45, 7) is 2.80. The fourth-order valence-corrected chi connectivity index (χ4v) is 3.19. The summed E-state index contributed by atoms with van der Waals surface area (Å²) in [5.74, 6) is -0.359. The number of carbonyl (C=O) groups excluding carboxylic acids is 2. The van der Waals surface area contributed by atoms with E-state index in [-0.39, 0.29) is 11.8 Å². The molecule has 1 aliphatic heterocycles. The second-order valence-corrected chi connectivity index (χ2v) is 6.30. The molecule has 1 aromatic heterocycles. The predicted molar refractivity (Wildman–Crippen MR) is 97.5 cm³/mol. The van der Waals surface area contributed by atoms with E-state index in [1.807, 2.05) is 47.4 Å². The van der Waals surface area contributed by atoms with E-state index in [0.29, 0.717) is 24.8 Å². The highest BCUT2D eigenvalue weighted by Crippen LogP contribution is 2.23. The van der Waals surface area contributed by atoms with Crippen molar-refractivity contribution in [3.8, 4) is 0 Å². The van der Waals surface area contributed by atoms with Crippen LogP contribution in [0, 0.1) is 0 Å². The number of hydrogen-bond donors (Lipinski definition) is 1. The summed E-state index contributed by atoms with van der Waals surface area (Å²) < 4.78 is 2.20. The number of benzene rings is 1. The molecule has 25 heavy (non-hydrogen) atoms. The van der Waals surface area contributed by atoms with Crippen molar-refractivity contribution in [1.82, 2.24) is 14.8 Å². The molecule has 1 aromatic carbocycles. The van der Waals surface area contributed by atoms with Crippen molar-refractivity contribution in [2.45, 2.75) is 25.8 Å². The lowest BCUT2D eigenvalue weighted by molar-refractivity contribution is -0.130. The zero-order chi connectivity index (χ0) is 17.6. The van der Waals surface area contributed by atoms with E-state index in [9.17, 15) is 9.59 Å². The molecule has 1 N–H and O–H groups in total. The minimum atomic E-state index is -0.238. The van der Waals surface area contributed by atoms with E-state index in [2.05, 4.69) is 22.3 Å². The molecule has 3 rings (SSSR count). The molecule has 5 heteroatoms. The molecule has 0 atom stereocenters. The Bertz CT molecular complexity index is 743. The molecule has 1 aliphatic rings. The van der Waals surface area contributed by atoms with Crippen molar-refractivity contribution in [1.29, 1.82) is 0 Å². The second kappa shape index (κ2) is 7.83. The quantitative estimate of drug-likeness (QED) is 0.872. The first kappa shape index (κ1) is 17.0. The number of amides is 2. The largest absolute Gasteiger partial charge is 0.351 e. The minimum absolute atomic E-state index is 0.120. The highest BCUT2D eigenvalue weighted by atomic mass is 16.2. The first-order chi connectivity index (χ1) is 12.1. The number of nitrogens with zero attached hydrogens (tertiary/aromatic N) is 2. The summed E-state index contributed by atoms with van der Waals surface area (Å²) in [6, 6.07) is 14.0. The molecule has 1 fully saturated rings. The van der Waals surface area contributed by atoms with Crippen molar-refractivity contribution < 1.29 is 9.59 Å². The van der Waals surface area contributed by atoms with E-state index < -0.39 is 0 Å². The number of aromatic nitrogens is 1. The van der Waals surface area contributed by atoms with Crippen LogP contribution in [0.15, 0.2) is 60.6 Å². The third-order valence-corrected chi connectivity index (χ3v) is 4.45. The van der Waals surface area contributed by atoms with Crippen LogP contribution in [0.2, 0.25) is 0 Å². The lowest BCUT2D eigenvalue weighted by atomic mass is 10.0. The predicted octanol–water partition coefficient (Wildman–Crippen LogP) is 2.83. The molecule has 0 spiro atoms. The maximum absolute atomic E-state index is 12.9. The van der Waals surface area contributed by atoms with Crippen molar-refractivity contribution in [3.63, 3.8) is 0 Å². The summed E-state index contributed by atoms with van der Waals surface area (Å²) in [6.07, 6.45) is 7.71. The normalized spacial score (nSPS) is 15.9. The number of likely N-dealkylation sites (tertiary alicyclic amines) is 1. The van der Waals surface area contributed by atoms with Gasteiger partial charge in [0.15, 0.2) is 0 Å². The number of hydrogen-bond acceptors (Lipinski definition) is 2. The fraction of sp³-hybridized carbons (Fsp3) is 0.300. The molecule has 0 unspecified atom stereocenters. The van der Waals surface area contributed by atoms with Gasteiger partial charge in [0, 0.05) is 38.4 Å². The molecule has 130 valence electrons. The van der Waals surface area contributed by atoms with Gasteiger partial charge in [0.05, 0.1) is 0 Å². The van der Waals surface area contributed by atoms with E-state index in [4.69, 9.17) is 0 Å². The lowest BCUT2D eigenvalue weighted by Gasteiger charge is -2.33. The first-order valence-electron chi connectivity index (χ1n) is 8.59. The van der Waals surface area contributed by atoms with Crippen LogP contribution >= 0.6 is 0 Å². The van der Waals surface area contributed by atoms with Crippen molar-refractivity contribution >= 4 is 17.9 Å². The van der Waals surface area contributed by atoms with Gasteiger partial charge in [-0.05, 0) is 36.6 Å². The Morgan fingerprint density at radius 3 is 2.28 bits per heavy atom. The smallest absolute Gasteiger partial charge is 0.270 e. The summed E-state index contributed by atoms with van der Waals surface area (Å²) in [4.78, 5) is 26.2. The van der Waals surface area contributed by atoms with Crippen LogP contribution in [0.3, 0.4) is 0 Å². The standard InChI is InChI=1S/C20H23N3O2/c1-16(24)21-19(15-17-7-3-2-4-8-17)20(25)23-13-9-18(10-14-23)22-11-5-6-12-22/h2-8,11-12,15,18H,9-10,13-14H2,1H3,(H,21,24). The van der Waals surface area contributed by atoms with Gasteiger partial charge in [-0.3, -0.25) is 9.59 Å². The third kappa shape index (κ3) is 4.38. The van der Waals surface area contributed by atoms with Crippen LogP contribution in [0.1, 0.15) is 31.4 Å². The molecule has 0 aliphatic carbocycles. The Morgan fingerprint density at radius 2 is 1.68 bits per heavy atom. The number of nitrogens with one attached hydrogen (secondary N) is 1. The highest BCUT2D eigenvalue weighted by Gasteiger charge is 2.25. The van der Waals surface area contributed by atoms with Crippen LogP contribution in [0.5, 0.6) is 0 Å². The summed E-state index contributed by atoms with van der Waals surface area (Å²) in [7, 11) is 0. The average molecular weight is 337 g/mol.